The molecule has 2 rings (SSSR count). The van der Waals surface area contributed by atoms with Crippen LogP contribution in [0.3, 0.4) is 0 Å². The van der Waals surface area contributed by atoms with Crippen LogP contribution in [0.25, 0.3) is 11.3 Å². The smallest absolute Gasteiger partial charge is 0.270 e. The van der Waals surface area contributed by atoms with Crippen molar-refractivity contribution in [3.63, 3.8) is 0 Å². The molecule has 0 aliphatic heterocycles. The van der Waals surface area contributed by atoms with Gasteiger partial charge in [-0.1, -0.05) is 17.8 Å². The number of nitriles is 1. The third-order valence-electron chi connectivity index (χ3n) is 2.43. The second-order valence-electron chi connectivity index (χ2n) is 3.54. The monoisotopic (exact) mass is 385 g/mol. The summed E-state index contributed by atoms with van der Waals surface area (Å²) in [5.74, 6) is -0.00597. The zero-order valence-electron chi connectivity index (χ0n) is 9.77. The molecule has 0 atom stereocenters. The standard InChI is InChI=1S/C12H8IN3O2S/c1-19-12-15-10(6(5-14)11(18)16-12)9-7(13)3-2-4-8(9)17/h2-4,17H,1H3,(H,15,16,18). The molecule has 0 amide bonds. The van der Waals surface area contributed by atoms with Crippen LogP contribution < -0.4 is 5.56 Å². The fourth-order valence-electron chi connectivity index (χ4n) is 1.58. The minimum atomic E-state index is -0.504. The number of halogens is 1. The summed E-state index contributed by atoms with van der Waals surface area (Å²) in [7, 11) is 0. The van der Waals surface area contributed by atoms with E-state index in [1.807, 2.05) is 28.7 Å². The Morgan fingerprint density at radius 1 is 1.53 bits per heavy atom. The summed E-state index contributed by atoms with van der Waals surface area (Å²) in [5.41, 5.74) is 0.00673. The van der Waals surface area contributed by atoms with Gasteiger partial charge >= 0.3 is 0 Å². The van der Waals surface area contributed by atoms with Gasteiger partial charge in [-0.05, 0) is 41.0 Å². The van der Waals surface area contributed by atoms with Gasteiger partial charge in [-0.3, -0.25) is 4.79 Å². The molecule has 0 radical (unpaired) electrons. The third kappa shape index (κ3) is 2.59. The maximum atomic E-state index is 11.8. The SMILES string of the molecule is CSc1nc(-c2c(O)cccc2I)c(C#N)c(=O)[nH]1. The molecular formula is C12H8IN3O2S. The predicted molar refractivity (Wildman–Crippen MR) is 81.2 cm³/mol. The van der Waals surface area contributed by atoms with Crippen molar-refractivity contribution in [2.24, 2.45) is 0 Å². The molecular weight excluding hydrogens is 377 g/mol. The quantitative estimate of drug-likeness (QED) is 0.471. The van der Waals surface area contributed by atoms with Crippen molar-refractivity contribution in [2.75, 3.05) is 6.26 Å². The molecule has 0 spiro atoms. The topological polar surface area (TPSA) is 89.8 Å². The number of aromatic nitrogens is 2. The first kappa shape index (κ1) is 13.9. The van der Waals surface area contributed by atoms with Gasteiger partial charge in [0.1, 0.15) is 23.1 Å². The minimum Gasteiger partial charge on any atom is -0.507 e. The highest BCUT2D eigenvalue weighted by Crippen LogP contribution is 2.33. The number of thioether (sulfide) groups is 1. The number of phenolic OH excluding ortho intramolecular Hbond substituents is 1. The van der Waals surface area contributed by atoms with E-state index in [4.69, 9.17) is 5.26 Å². The van der Waals surface area contributed by atoms with Gasteiger partial charge in [0.15, 0.2) is 5.16 Å². The molecule has 1 aromatic carbocycles. The van der Waals surface area contributed by atoms with E-state index < -0.39 is 5.56 Å². The first-order valence-corrected chi connectivity index (χ1v) is 7.45. The molecule has 0 fully saturated rings. The van der Waals surface area contributed by atoms with E-state index in [9.17, 15) is 9.90 Å². The van der Waals surface area contributed by atoms with Crippen LogP contribution in [0.15, 0.2) is 28.2 Å². The van der Waals surface area contributed by atoms with Crippen molar-refractivity contribution in [3.8, 4) is 23.1 Å². The molecule has 2 N–H and O–H groups in total. The van der Waals surface area contributed by atoms with Gasteiger partial charge in [0.25, 0.3) is 5.56 Å². The molecule has 5 nitrogen and oxygen atoms in total. The van der Waals surface area contributed by atoms with E-state index in [0.29, 0.717) is 10.7 Å². The molecule has 96 valence electrons. The minimum absolute atomic E-state index is 0.00597. The van der Waals surface area contributed by atoms with E-state index in [0.717, 1.165) is 3.57 Å². The van der Waals surface area contributed by atoms with Crippen LogP contribution in [0.1, 0.15) is 5.56 Å². The number of H-pyrrole nitrogens is 1. The maximum absolute atomic E-state index is 11.8. The van der Waals surface area contributed by atoms with Crippen molar-refractivity contribution >= 4 is 34.4 Å². The van der Waals surface area contributed by atoms with Gasteiger partial charge in [-0.2, -0.15) is 5.26 Å². The fraction of sp³-hybridized carbons (Fsp3) is 0.0833. The Morgan fingerprint density at radius 2 is 2.26 bits per heavy atom. The normalized spacial score (nSPS) is 10.2. The van der Waals surface area contributed by atoms with Crippen LogP contribution in [0, 0.1) is 14.9 Å². The van der Waals surface area contributed by atoms with Crippen LogP contribution in [0.2, 0.25) is 0 Å². The molecule has 0 saturated heterocycles. The predicted octanol–water partition coefficient (Wildman–Crippen LogP) is 2.34. The van der Waals surface area contributed by atoms with E-state index in [1.54, 1.807) is 18.4 Å². The average Bonchev–Trinajstić information content (AvgIpc) is 2.38. The summed E-state index contributed by atoms with van der Waals surface area (Å²) >= 11 is 3.29. The number of rotatable bonds is 2. The summed E-state index contributed by atoms with van der Waals surface area (Å²) in [4.78, 5) is 18.6. The molecule has 7 heteroatoms. The van der Waals surface area contributed by atoms with Crippen molar-refractivity contribution in [3.05, 3.63) is 37.7 Å². The summed E-state index contributed by atoms with van der Waals surface area (Å²) in [6.45, 7) is 0. The molecule has 0 saturated carbocycles. The lowest BCUT2D eigenvalue weighted by molar-refractivity contribution is 0.476. The highest BCUT2D eigenvalue weighted by Gasteiger charge is 2.18. The molecule has 0 unspecified atom stereocenters. The van der Waals surface area contributed by atoms with Crippen molar-refractivity contribution < 1.29 is 5.11 Å². The Morgan fingerprint density at radius 3 is 2.84 bits per heavy atom. The number of aromatic amines is 1. The van der Waals surface area contributed by atoms with Gasteiger partial charge in [-0.15, -0.1) is 0 Å². The zero-order chi connectivity index (χ0) is 14.0. The molecule has 1 aromatic heterocycles. The van der Waals surface area contributed by atoms with Gasteiger partial charge < -0.3 is 10.1 Å². The lowest BCUT2D eigenvalue weighted by atomic mass is 10.1. The van der Waals surface area contributed by atoms with Crippen molar-refractivity contribution in [1.82, 2.24) is 9.97 Å². The lowest BCUT2D eigenvalue weighted by Crippen LogP contribution is -2.15. The number of nitrogens with one attached hydrogen (secondary N) is 1. The lowest BCUT2D eigenvalue weighted by Gasteiger charge is -2.08. The number of hydrogen-bond acceptors (Lipinski definition) is 5. The molecule has 2 aromatic rings. The number of phenols is 1. The van der Waals surface area contributed by atoms with Crippen LogP contribution in [0.4, 0.5) is 0 Å². The fourth-order valence-corrected chi connectivity index (χ4v) is 2.70. The molecule has 0 aliphatic carbocycles. The Kier molecular flexibility index (Phi) is 4.11. The molecule has 1 heterocycles. The van der Waals surface area contributed by atoms with Gasteiger partial charge in [-0.25, -0.2) is 4.98 Å². The summed E-state index contributed by atoms with van der Waals surface area (Å²) < 4.78 is 0.722. The van der Waals surface area contributed by atoms with Gasteiger partial charge in [0, 0.05) is 3.57 Å². The second kappa shape index (κ2) is 5.63. The Hall–Kier alpha value is -1.53. The maximum Gasteiger partial charge on any atom is 0.270 e. The number of nitrogens with zero attached hydrogens (tertiary/aromatic N) is 2. The number of benzene rings is 1. The van der Waals surface area contributed by atoms with Gasteiger partial charge in [0.05, 0.1) is 5.56 Å². The van der Waals surface area contributed by atoms with E-state index in [1.165, 1.54) is 17.8 Å². The Bertz CT molecular complexity index is 716. The van der Waals surface area contributed by atoms with Gasteiger partial charge in [0.2, 0.25) is 0 Å². The van der Waals surface area contributed by atoms with E-state index in [-0.39, 0.29) is 17.0 Å². The first-order chi connectivity index (χ1) is 9.08. The first-order valence-electron chi connectivity index (χ1n) is 5.14. The largest absolute Gasteiger partial charge is 0.507 e. The highest BCUT2D eigenvalue weighted by molar-refractivity contribution is 14.1. The molecule has 0 bridgehead atoms. The van der Waals surface area contributed by atoms with Crippen LogP contribution in [-0.2, 0) is 0 Å². The summed E-state index contributed by atoms with van der Waals surface area (Å²) in [6.07, 6.45) is 1.77. The van der Waals surface area contributed by atoms with Crippen molar-refractivity contribution in [2.45, 2.75) is 5.16 Å². The summed E-state index contributed by atoms with van der Waals surface area (Å²) in [5, 5.41) is 19.5. The van der Waals surface area contributed by atoms with Crippen LogP contribution >= 0.6 is 34.4 Å². The van der Waals surface area contributed by atoms with Crippen LogP contribution in [-0.4, -0.2) is 21.3 Å². The third-order valence-corrected chi connectivity index (χ3v) is 3.91. The number of hydrogen-bond donors (Lipinski definition) is 2. The van der Waals surface area contributed by atoms with Crippen molar-refractivity contribution in [1.29, 1.82) is 5.26 Å². The number of aromatic hydroxyl groups is 1. The summed E-state index contributed by atoms with van der Waals surface area (Å²) in [6, 6.07) is 6.80. The Balaban J connectivity index is 2.86. The van der Waals surface area contributed by atoms with Crippen LogP contribution in [0.5, 0.6) is 5.75 Å². The Labute approximate surface area is 126 Å². The molecule has 19 heavy (non-hydrogen) atoms. The van der Waals surface area contributed by atoms with E-state index >= 15 is 0 Å². The second-order valence-corrected chi connectivity index (χ2v) is 5.50. The average molecular weight is 385 g/mol. The zero-order valence-corrected chi connectivity index (χ0v) is 12.7. The molecule has 0 aliphatic rings. The highest BCUT2D eigenvalue weighted by atomic mass is 127. The van der Waals surface area contributed by atoms with E-state index in [2.05, 4.69) is 9.97 Å².